The van der Waals surface area contributed by atoms with Gasteiger partial charge in [-0.3, -0.25) is 0 Å². The van der Waals surface area contributed by atoms with E-state index < -0.39 is 0 Å². The van der Waals surface area contributed by atoms with Crippen molar-refractivity contribution < 1.29 is 26.2 Å². The van der Waals surface area contributed by atoms with Gasteiger partial charge >= 0.3 is 26.2 Å². The first kappa shape index (κ1) is 29.5. The monoisotopic (exact) mass is 530 g/mol. The fourth-order valence-corrected chi connectivity index (χ4v) is 3.10. The van der Waals surface area contributed by atoms with Crippen molar-refractivity contribution in [1.29, 1.82) is 0 Å². The van der Waals surface area contributed by atoms with Crippen LogP contribution in [0.4, 0.5) is 0 Å². The Morgan fingerprint density at radius 1 is 0.429 bits per heavy atom. The average Bonchev–Trinajstić information content (AvgIpc) is 3.57. The van der Waals surface area contributed by atoms with E-state index >= 15 is 0 Å². The number of fused-ring (bicyclic) bond motifs is 2. The molecular weight excluding hydrogens is 500 g/mol. The molecular formula is C34H32Zr. The molecule has 0 radical (unpaired) electrons. The van der Waals surface area contributed by atoms with Crippen LogP contribution in [-0.2, 0) is 26.2 Å². The van der Waals surface area contributed by atoms with Crippen LogP contribution in [0.2, 0.25) is 0 Å². The molecule has 0 heterocycles. The van der Waals surface area contributed by atoms with E-state index in [1.165, 1.54) is 21.5 Å². The zero-order valence-corrected chi connectivity index (χ0v) is 22.6. The molecule has 35 heavy (non-hydrogen) atoms. The van der Waals surface area contributed by atoms with Crippen molar-refractivity contribution in [3.8, 4) is 0 Å². The minimum absolute atomic E-state index is 0. The molecule has 0 atom stereocenters. The third-order valence-corrected chi connectivity index (χ3v) is 4.78. The summed E-state index contributed by atoms with van der Waals surface area (Å²) < 4.78 is 0. The van der Waals surface area contributed by atoms with E-state index in [9.17, 15) is 0 Å². The Morgan fingerprint density at radius 3 is 1.03 bits per heavy atom. The van der Waals surface area contributed by atoms with Gasteiger partial charge in [-0.1, -0.05) is 24.3 Å². The summed E-state index contributed by atoms with van der Waals surface area (Å²) in [6.07, 6.45) is 0. The maximum absolute atomic E-state index is 3.72. The summed E-state index contributed by atoms with van der Waals surface area (Å²) in [6.45, 7) is 13.4. The van der Waals surface area contributed by atoms with E-state index in [0.717, 1.165) is 11.1 Å². The van der Waals surface area contributed by atoms with E-state index in [2.05, 4.69) is 112 Å². The van der Waals surface area contributed by atoms with Crippen LogP contribution in [0, 0.1) is 13.8 Å². The Morgan fingerprint density at radius 2 is 0.743 bits per heavy atom. The van der Waals surface area contributed by atoms with Gasteiger partial charge < -0.3 is 0 Å². The smallest absolute Gasteiger partial charge is 0.199 e. The molecule has 0 aliphatic carbocycles. The minimum atomic E-state index is 0. The summed E-state index contributed by atoms with van der Waals surface area (Å²) >= 11 is 0. The molecule has 0 aliphatic heterocycles. The molecule has 0 aromatic heterocycles. The summed E-state index contributed by atoms with van der Waals surface area (Å²) in [4.78, 5) is 0. The van der Waals surface area contributed by atoms with E-state index in [4.69, 9.17) is 0 Å². The van der Waals surface area contributed by atoms with Gasteiger partial charge in [0.05, 0.1) is 0 Å². The van der Waals surface area contributed by atoms with Gasteiger partial charge in [0.15, 0.2) is 0 Å². The summed E-state index contributed by atoms with van der Waals surface area (Å²) in [5.74, 6) is 0. The van der Waals surface area contributed by atoms with Gasteiger partial charge in [-0.15, -0.1) is 96.7 Å². The zero-order valence-electron chi connectivity index (χ0n) is 20.2. The van der Waals surface area contributed by atoms with E-state index in [-0.39, 0.29) is 26.2 Å². The molecule has 0 saturated heterocycles. The van der Waals surface area contributed by atoms with Crippen molar-refractivity contribution in [2.45, 2.75) is 0 Å². The van der Waals surface area contributed by atoms with Crippen LogP contribution in [0.15, 0.2) is 159 Å². The van der Waals surface area contributed by atoms with Crippen molar-refractivity contribution in [2.24, 2.45) is 0 Å². The predicted molar refractivity (Wildman–Crippen MR) is 152 cm³/mol. The second-order valence-electron chi connectivity index (χ2n) is 7.28. The number of hydrogen-bond donors (Lipinski definition) is 0. The van der Waals surface area contributed by atoms with E-state index in [0.29, 0.717) is 0 Å². The quantitative estimate of drug-likeness (QED) is 0.135. The Hall–Kier alpha value is -3.54. The molecule has 0 N–H and O–H groups in total. The topological polar surface area (TPSA) is 0 Å². The summed E-state index contributed by atoms with van der Waals surface area (Å²) in [5.41, 5.74) is 2.14. The Balaban J connectivity index is 0.000000227. The maximum atomic E-state index is 3.72. The molecule has 0 unspecified atom stereocenters. The standard InChI is InChI=1S/2C9H7.2C7H7.C2H4.Zr/c2*1-2-5-9-7-3-6-8(9)4-1;2*1-7-5-3-2-4-6-7;1-2;/h2*1-7H;2*2-6H,1H2;1-2H2;/q4*-1;;+4. The van der Waals surface area contributed by atoms with Crippen molar-refractivity contribution in [1.82, 2.24) is 0 Å². The van der Waals surface area contributed by atoms with Crippen molar-refractivity contribution in [3.05, 3.63) is 184 Å². The first-order valence-corrected chi connectivity index (χ1v) is 11.2. The summed E-state index contributed by atoms with van der Waals surface area (Å²) in [5, 5.41) is 5.32. The van der Waals surface area contributed by atoms with Crippen molar-refractivity contribution in [2.75, 3.05) is 0 Å². The van der Waals surface area contributed by atoms with Gasteiger partial charge in [-0.25, -0.2) is 0 Å². The fourth-order valence-electron chi connectivity index (χ4n) is 3.10. The minimum Gasteiger partial charge on any atom is -0.199 e. The molecule has 172 valence electrons. The molecule has 1 heteroatoms. The van der Waals surface area contributed by atoms with Gasteiger partial charge in [-0.2, -0.15) is 84.3 Å². The van der Waals surface area contributed by atoms with Gasteiger partial charge in [0, 0.05) is 0 Å². The molecule has 0 saturated carbocycles. The molecule has 0 amide bonds. The summed E-state index contributed by atoms with van der Waals surface area (Å²) in [6, 6.07) is 49.1. The van der Waals surface area contributed by atoms with E-state index in [1.807, 2.05) is 60.7 Å². The first-order valence-electron chi connectivity index (χ1n) is 11.2. The van der Waals surface area contributed by atoms with Crippen LogP contribution < -0.4 is 0 Å². The van der Waals surface area contributed by atoms with Crippen molar-refractivity contribution >= 4 is 21.5 Å². The van der Waals surface area contributed by atoms with Gasteiger partial charge in [0.25, 0.3) is 0 Å². The second kappa shape index (κ2) is 17.9. The van der Waals surface area contributed by atoms with Crippen LogP contribution in [0.3, 0.4) is 0 Å². The zero-order chi connectivity index (χ0) is 24.4. The molecule has 6 rings (SSSR count). The van der Waals surface area contributed by atoms with Crippen LogP contribution in [0.5, 0.6) is 0 Å². The molecule has 6 aromatic carbocycles. The van der Waals surface area contributed by atoms with Crippen LogP contribution in [0.25, 0.3) is 21.5 Å². The Labute approximate surface area is 230 Å². The molecule has 0 bridgehead atoms. The Bertz CT molecular complexity index is 1130. The molecule has 6 aromatic rings. The molecule has 0 fully saturated rings. The third kappa shape index (κ3) is 11.4. The van der Waals surface area contributed by atoms with Gasteiger partial charge in [0.2, 0.25) is 0 Å². The number of benzene rings is 4. The Kier molecular flexibility index (Phi) is 15.1. The molecule has 0 spiro atoms. The number of hydrogen-bond acceptors (Lipinski definition) is 0. The van der Waals surface area contributed by atoms with Gasteiger partial charge in [-0.05, 0) is 0 Å². The molecule has 0 aliphatic rings. The first-order chi connectivity index (χ1) is 16.7. The number of rotatable bonds is 0. The van der Waals surface area contributed by atoms with Crippen LogP contribution >= 0.6 is 0 Å². The van der Waals surface area contributed by atoms with E-state index in [1.54, 1.807) is 0 Å². The van der Waals surface area contributed by atoms with Crippen molar-refractivity contribution in [3.63, 3.8) is 0 Å². The third-order valence-electron chi connectivity index (χ3n) is 4.78. The summed E-state index contributed by atoms with van der Waals surface area (Å²) in [7, 11) is 0. The SMILES string of the molecule is C=C.[CH2-]c1ccccc1.[CH2-]c1ccccc1.[Zr+4].c1ccc2[cH-]ccc2c1.c1ccc2[cH-]ccc2c1. The molecule has 0 nitrogen and oxygen atoms in total. The normalized spacial score (nSPS) is 8.80. The van der Waals surface area contributed by atoms with Gasteiger partial charge in [0.1, 0.15) is 0 Å². The maximum Gasteiger partial charge on any atom is 4.00 e. The largest absolute Gasteiger partial charge is 4.00 e. The fraction of sp³-hybridized carbons (Fsp3) is 0. The van der Waals surface area contributed by atoms with Crippen LogP contribution in [-0.4, -0.2) is 0 Å². The average molecular weight is 532 g/mol. The second-order valence-corrected chi connectivity index (χ2v) is 7.28. The van der Waals surface area contributed by atoms with Crippen LogP contribution in [0.1, 0.15) is 11.1 Å². The predicted octanol–water partition coefficient (Wildman–Crippen LogP) is 9.65.